The molecule has 1 saturated heterocycles. The Balaban J connectivity index is 0.00000324. The summed E-state index contributed by atoms with van der Waals surface area (Å²) in [6, 6.07) is 0. The first-order valence-corrected chi connectivity index (χ1v) is 5.95. The molecule has 0 bridgehead atoms. The number of hydrogen-bond acceptors (Lipinski definition) is 5. The molecule has 0 aromatic rings. The number of ether oxygens (including phenoxy) is 2. The first-order chi connectivity index (χ1) is 8.63. The summed E-state index contributed by atoms with van der Waals surface area (Å²) in [5.41, 5.74) is 0.207. The number of carboxylic acids is 1. The third-order valence-corrected chi connectivity index (χ3v) is 2.77. The third kappa shape index (κ3) is 7.15. The Morgan fingerprint density at radius 1 is 1.37 bits per heavy atom. The van der Waals surface area contributed by atoms with Gasteiger partial charge in [0, 0.05) is 24.7 Å². The van der Waals surface area contributed by atoms with Gasteiger partial charge in [-0.2, -0.15) is 0 Å². The van der Waals surface area contributed by atoms with Gasteiger partial charge in [-0.3, -0.25) is 4.90 Å². The third-order valence-electron chi connectivity index (χ3n) is 2.77. The number of esters is 1. The number of nitrogens with zero attached hydrogens (tertiary/aromatic N) is 1. The van der Waals surface area contributed by atoms with E-state index in [1.165, 1.54) is 7.11 Å². The van der Waals surface area contributed by atoms with Gasteiger partial charge >= 0.3 is 11.9 Å². The molecule has 0 aromatic heterocycles. The largest absolute Gasteiger partial charge is 0.478 e. The SMILES string of the molecule is COC(=O)/C(=C/C(=O)O)CCCN1CCOCC1.Cl. The Bertz CT molecular complexity index is 326. The van der Waals surface area contributed by atoms with Crippen molar-refractivity contribution in [3.63, 3.8) is 0 Å². The summed E-state index contributed by atoms with van der Waals surface area (Å²) in [5, 5.41) is 8.67. The van der Waals surface area contributed by atoms with Crippen LogP contribution in [0.1, 0.15) is 12.8 Å². The van der Waals surface area contributed by atoms with E-state index in [0.717, 1.165) is 45.3 Å². The standard InChI is InChI=1S/C12H19NO5.ClH/c1-17-12(16)10(9-11(14)15)3-2-4-13-5-7-18-8-6-13;/h9H,2-8H2,1H3,(H,14,15);1H/b10-9+;. The fourth-order valence-electron chi connectivity index (χ4n) is 1.83. The lowest BCUT2D eigenvalue weighted by Gasteiger charge is -2.26. The smallest absolute Gasteiger partial charge is 0.333 e. The molecular formula is C12H20ClNO5. The molecule has 19 heavy (non-hydrogen) atoms. The van der Waals surface area contributed by atoms with Crippen molar-refractivity contribution in [1.82, 2.24) is 4.90 Å². The second kappa shape index (κ2) is 9.77. The minimum Gasteiger partial charge on any atom is -0.478 e. The first-order valence-electron chi connectivity index (χ1n) is 5.95. The molecule has 0 radical (unpaired) electrons. The van der Waals surface area contributed by atoms with E-state index in [1.807, 2.05) is 0 Å². The molecule has 1 fully saturated rings. The Morgan fingerprint density at radius 2 is 2.00 bits per heavy atom. The lowest BCUT2D eigenvalue weighted by Crippen LogP contribution is -2.36. The van der Waals surface area contributed by atoms with Crippen molar-refractivity contribution in [2.24, 2.45) is 0 Å². The van der Waals surface area contributed by atoms with Crippen LogP contribution in [0.25, 0.3) is 0 Å². The number of carbonyl (C=O) groups is 2. The zero-order valence-electron chi connectivity index (χ0n) is 11.0. The molecule has 110 valence electrons. The van der Waals surface area contributed by atoms with Gasteiger partial charge < -0.3 is 14.6 Å². The molecule has 0 aromatic carbocycles. The molecule has 0 saturated carbocycles. The molecule has 0 spiro atoms. The van der Waals surface area contributed by atoms with Crippen molar-refractivity contribution in [3.05, 3.63) is 11.6 Å². The van der Waals surface area contributed by atoms with Crippen LogP contribution in [0, 0.1) is 0 Å². The number of hydrogen-bond donors (Lipinski definition) is 1. The predicted molar refractivity (Wildman–Crippen MR) is 71.5 cm³/mol. The van der Waals surface area contributed by atoms with E-state index in [9.17, 15) is 9.59 Å². The Labute approximate surface area is 118 Å². The molecular weight excluding hydrogens is 274 g/mol. The van der Waals surface area contributed by atoms with Gasteiger partial charge in [-0.25, -0.2) is 9.59 Å². The second-order valence-electron chi connectivity index (χ2n) is 4.06. The lowest BCUT2D eigenvalue weighted by molar-refractivity contribution is -0.137. The van der Waals surface area contributed by atoms with Crippen molar-refractivity contribution in [2.45, 2.75) is 12.8 Å². The van der Waals surface area contributed by atoms with E-state index in [0.29, 0.717) is 6.42 Å². The topological polar surface area (TPSA) is 76.1 Å². The van der Waals surface area contributed by atoms with Gasteiger partial charge in [-0.1, -0.05) is 0 Å². The Kier molecular flexibility index (Phi) is 9.20. The van der Waals surface area contributed by atoms with Gasteiger partial charge in [0.1, 0.15) is 0 Å². The summed E-state index contributed by atoms with van der Waals surface area (Å²) >= 11 is 0. The van der Waals surface area contributed by atoms with Gasteiger partial charge in [-0.15, -0.1) is 12.4 Å². The number of carbonyl (C=O) groups excluding carboxylic acids is 1. The Morgan fingerprint density at radius 3 is 2.53 bits per heavy atom. The van der Waals surface area contributed by atoms with Crippen LogP contribution in [0.15, 0.2) is 11.6 Å². The zero-order valence-corrected chi connectivity index (χ0v) is 11.8. The summed E-state index contributed by atoms with van der Waals surface area (Å²) in [4.78, 5) is 24.2. The van der Waals surface area contributed by atoms with Crippen molar-refractivity contribution in [3.8, 4) is 0 Å². The van der Waals surface area contributed by atoms with Gasteiger partial charge in [0.25, 0.3) is 0 Å². The number of morpholine rings is 1. The van der Waals surface area contributed by atoms with E-state index in [1.54, 1.807) is 0 Å². The molecule has 0 aliphatic carbocycles. The lowest BCUT2D eigenvalue weighted by atomic mass is 10.1. The maximum atomic E-state index is 11.3. The van der Waals surface area contributed by atoms with Gasteiger partial charge in [-0.05, 0) is 19.4 Å². The highest BCUT2D eigenvalue weighted by atomic mass is 35.5. The highest BCUT2D eigenvalue weighted by Gasteiger charge is 2.14. The average molecular weight is 294 g/mol. The molecule has 1 aliphatic rings. The minimum absolute atomic E-state index is 0. The van der Waals surface area contributed by atoms with Crippen LogP contribution >= 0.6 is 12.4 Å². The van der Waals surface area contributed by atoms with E-state index >= 15 is 0 Å². The maximum absolute atomic E-state index is 11.3. The molecule has 1 aliphatic heterocycles. The number of carboxylic acid groups (broad SMARTS) is 1. The van der Waals surface area contributed by atoms with Crippen LogP contribution < -0.4 is 0 Å². The normalized spacial score (nSPS) is 16.6. The molecule has 0 atom stereocenters. The highest BCUT2D eigenvalue weighted by molar-refractivity contribution is 5.95. The molecule has 0 amide bonds. The molecule has 6 nitrogen and oxygen atoms in total. The van der Waals surface area contributed by atoms with Crippen LogP contribution in [-0.2, 0) is 19.1 Å². The fraction of sp³-hybridized carbons (Fsp3) is 0.667. The zero-order chi connectivity index (χ0) is 13.4. The minimum atomic E-state index is -1.12. The van der Waals surface area contributed by atoms with Crippen LogP contribution in [0.4, 0.5) is 0 Å². The van der Waals surface area contributed by atoms with Gasteiger partial charge in [0.15, 0.2) is 0 Å². The number of rotatable bonds is 6. The van der Waals surface area contributed by atoms with E-state index in [2.05, 4.69) is 9.64 Å². The molecule has 1 rings (SSSR count). The van der Waals surface area contributed by atoms with Crippen molar-refractivity contribution in [1.29, 1.82) is 0 Å². The molecule has 0 unspecified atom stereocenters. The van der Waals surface area contributed by atoms with Crippen molar-refractivity contribution >= 4 is 24.3 Å². The summed E-state index contributed by atoms with van der Waals surface area (Å²) in [6.45, 7) is 4.06. The number of halogens is 1. The summed E-state index contributed by atoms with van der Waals surface area (Å²) in [7, 11) is 1.25. The van der Waals surface area contributed by atoms with Crippen LogP contribution in [0.2, 0.25) is 0 Å². The van der Waals surface area contributed by atoms with Gasteiger partial charge in [0.2, 0.25) is 0 Å². The summed E-state index contributed by atoms with van der Waals surface area (Å²) in [6.07, 6.45) is 2.07. The van der Waals surface area contributed by atoms with Gasteiger partial charge in [0.05, 0.1) is 20.3 Å². The van der Waals surface area contributed by atoms with Crippen LogP contribution in [0.3, 0.4) is 0 Å². The fourth-order valence-corrected chi connectivity index (χ4v) is 1.83. The first kappa shape index (κ1) is 17.9. The quantitative estimate of drug-likeness (QED) is 0.574. The average Bonchev–Trinajstić information content (AvgIpc) is 2.37. The molecule has 1 heterocycles. The van der Waals surface area contributed by atoms with Crippen LogP contribution in [0.5, 0.6) is 0 Å². The van der Waals surface area contributed by atoms with Crippen molar-refractivity contribution < 1.29 is 24.2 Å². The number of aliphatic carboxylic acids is 1. The monoisotopic (exact) mass is 293 g/mol. The van der Waals surface area contributed by atoms with Crippen molar-refractivity contribution in [2.75, 3.05) is 40.0 Å². The maximum Gasteiger partial charge on any atom is 0.333 e. The predicted octanol–water partition coefficient (Wildman–Crippen LogP) is 0.705. The Hall–Kier alpha value is -1.11. The molecule has 1 N–H and O–H groups in total. The summed E-state index contributed by atoms with van der Waals surface area (Å²) in [5.74, 6) is -1.69. The highest BCUT2D eigenvalue weighted by Crippen LogP contribution is 2.09. The van der Waals surface area contributed by atoms with E-state index in [-0.39, 0.29) is 18.0 Å². The van der Waals surface area contributed by atoms with E-state index < -0.39 is 11.9 Å². The summed E-state index contributed by atoms with van der Waals surface area (Å²) < 4.78 is 9.78. The van der Waals surface area contributed by atoms with Crippen LogP contribution in [-0.4, -0.2) is 61.9 Å². The molecule has 7 heteroatoms. The second-order valence-corrected chi connectivity index (χ2v) is 4.06. The number of methoxy groups -OCH3 is 1. The van der Waals surface area contributed by atoms with E-state index in [4.69, 9.17) is 9.84 Å².